The van der Waals surface area contributed by atoms with Gasteiger partial charge in [-0.2, -0.15) is 0 Å². The van der Waals surface area contributed by atoms with Gasteiger partial charge < -0.3 is 30.1 Å². The van der Waals surface area contributed by atoms with Crippen molar-refractivity contribution in [3.63, 3.8) is 0 Å². The largest absolute Gasteiger partial charge is 0.481 e. The van der Waals surface area contributed by atoms with Crippen LogP contribution in [0.4, 0.5) is 0 Å². The van der Waals surface area contributed by atoms with Gasteiger partial charge in [0.2, 0.25) is 5.91 Å². The molecule has 0 saturated carbocycles. The van der Waals surface area contributed by atoms with Crippen molar-refractivity contribution in [2.24, 2.45) is 5.92 Å². The Labute approximate surface area is 284 Å². The number of aliphatic carboxylic acids is 2. The number of rotatable bonds is 26. The number of allylic oxidation sites excluding steroid dienone is 1. The molecule has 266 valence electrons. The van der Waals surface area contributed by atoms with Gasteiger partial charge in [0.1, 0.15) is 24.2 Å². The first-order valence-electron chi connectivity index (χ1n) is 16.8. The van der Waals surface area contributed by atoms with Crippen molar-refractivity contribution in [1.82, 2.24) is 5.32 Å². The molecule has 0 aromatic heterocycles. The Morgan fingerprint density at radius 1 is 0.917 bits per heavy atom. The molecule has 0 bridgehead atoms. The Morgan fingerprint density at radius 2 is 1.54 bits per heavy atom. The van der Waals surface area contributed by atoms with Crippen molar-refractivity contribution in [3.05, 3.63) is 42.0 Å². The Bertz CT molecular complexity index is 1250. The number of unbranched alkanes of at least 4 members (excludes halogenated alkanes) is 8. The zero-order valence-electron chi connectivity index (χ0n) is 28.6. The summed E-state index contributed by atoms with van der Waals surface area (Å²) >= 11 is 0. The molecular weight excluding hydrogens is 618 g/mol. The summed E-state index contributed by atoms with van der Waals surface area (Å²) in [7, 11) is 1.15. The lowest BCUT2D eigenvalue weighted by atomic mass is 9.81. The number of carbonyl (C=O) groups excluding carboxylic acids is 3. The standard InChI is InChI=1S/C37H53NO10/c1-4-6-8-11-14-17-29(39)18-15-12-9-10-13-16-19-31(37(46,36(44)45)25-24-33(40)41)34(42)38-32(35(43)47-3)27-28-20-22-30(23-21-28)48-26-7-5-2/h16,19-23,31-32,46H,4,6,8-15,17-18,24-27H2,1-3H3,(H,38,42)(H,40,41)(H,44,45)/t31-,32+,37+/m1/s1. The van der Waals surface area contributed by atoms with Gasteiger partial charge in [-0.15, -0.1) is 5.92 Å². The number of esters is 1. The molecular formula is C37H53NO10. The van der Waals surface area contributed by atoms with Gasteiger partial charge in [-0.05, 0) is 56.7 Å². The Balaban J connectivity index is 2.92. The Kier molecular flexibility index (Phi) is 21.0. The van der Waals surface area contributed by atoms with Crippen LogP contribution in [0, 0.1) is 17.8 Å². The summed E-state index contributed by atoms with van der Waals surface area (Å²) < 4.78 is 10.4. The molecule has 1 amide bonds. The van der Waals surface area contributed by atoms with Crippen LogP contribution < -0.4 is 10.1 Å². The maximum absolute atomic E-state index is 13.6. The predicted octanol–water partition coefficient (Wildman–Crippen LogP) is 5.41. The van der Waals surface area contributed by atoms with E-state index >= 15 is 0 Å². The third-order valence-electron chi connectivity index (χ3n) is 8.00. The van der Waals surface area contributed by atoms with Crippen LogP contribution >= 0.6 is 0 Å². The number of methoxy groups -OCH3 is 1. The number of ether oxygens (including phenoxy) is 2. The van der Waals surface area contributed by atoms with Crippen molar-refractivity contribution in [2.75, 3.05) is 13.7 Å². The van der Waals surface area contributed by atoms with Gasteiger partial charge in [0.25, 0.3) is 0 Å². The van der Waals surface area contributed by atoms with E-state index < -0.39 is 54.2 Å². The first kappa shape index (κ1) is 41.9. The zero-order valence-corrected chi connectivity index (χ0v) is 28.6. The number of Topliss-reactive ketones (excluding diaryl/α,β-unsaturated/α-hetero) is 1. The fourth-order valence-electron chi connectivity index (χ4n) is 5.12. The molecule has 3 atom stereocenters. The number of hydrogen-bond donors (Lipinski definition) is 4. The number of ketones is 1. The maximum Gasteiger partial charge on any atom is 0.336 e. The summed E-state index contributed by atoms with van der Waals surface area (Å²) in [6.07, 6.45) is 11.7. The second kappa shape index (κ2) is 24.0. The SMILES string of the molecule is CC#CCOc1ccc(C[C@H](NC(=O)[C@@H](C=CCCCCCCC(=O)CCCCCCC)[C@@](O)(CCC(=O)O)C(=O)O)C(=O)OC)cc1. The molecule has 0 fully saturated rings. The van der Waals surface area contributed by atoms with E-state index in [0.29, 0.717) is 37.0 Å². The molecule has 0 heterocycles. The van der Waals surface area contributed by atoms with Crippen LogP contribution in [0.2, 0.25) is 0 Å². The molecule has 0 aliphatic rings. The topological polar surface area (TPSA) is 177 Å². The lowest BCUT2D eigenvalue weighted by Gasteiger charge is -2.30. The van der Waals surface area contributed by atoms with Gasteiger partial charge >= 0.3 is 17.9 Å². The van der Waals surface area contributed by atoms with E-state index in [-0.39, 0.29) is 18.8 Å². The van der Waals surface area contributed by atoms with Crippen LogP contribution in [0.15, 0.2) is 36.4 Å². The average molecular weight is 672 g/mol. The van der Waals surface area contributed by atoms with Gasteiger partial charge in [0.15, 0.2) is 5.60 Å². The quantitative estimate of drug-likeness (QED) is 0.0431. The van der Waals surface area contributed by atoms with Crippen LogP contribution in [-0.4, -0.2) is 70.3 Å². The second-order valence-corrected chi connectivity index (χ2v) is 11.8. The molecule has 0 spiro atoms. The molecule has 4 N–H and O–H groups in total. The summed E-state index contributed by atoms with van der Waals surface area (Å²) in [4.78, 5) is 61.8. The first-order valence-corrected chi connectivity index (χ1v) is 16.8. The number of carboxylic acid groups (broad SMARTS) is 2. The van der Waals surface area contributed by atoms with E-state index in [4.69, 9.17) is 9.47 Å². The highest BCUT2D eigenvalue weighted by Crippen LogP contribution is 2.27. The third-order valence-corrected chi connectivity index (χ3v) is 8.00. The maximum atomic E-state index is 13.6. The number of carboxylic acids is 2. The summed E-state index contributed by atoms with van der Waals surface area (Å²) in [5, 5.41) is 32.8. The smallest absolute Gasteiger partial charge is 0.336 e. The predicted molar refractivity (Wildman–Crippen MR) is 181 cm³/mol. The van der Waals surface area contributed by atoms with Crippen molar-refractivity contribution in [1.29, 1.82) is 0 Å². The molecule has 1 aromatic carbocycles. The number of hydrogen-bond acceptors (Lipinski definition) is 8. The van der Waals surface area contributed by atoms with E-state index in [1.165, 1.54) is 18.9 Å². The van der Waals surface area contributed by atoms with E-state index in [0.717, 1.165) is 45.6 Å². The van der Waals surface area contributed by atoms with Crippen molar-refractivity contribution in [3.8, 4) is 17.6 Å². The second-order valence-electron chi connectivity index (χ2n) is 11.8. The molecule has 0 aliphatic carbocycles. The van der Waals surface area contributed by atoms with Crippen LogP contribution in [0.3, 0.4) is 0 Å². The van der Waals surface area contributed by atoms with E-state index in [9.17, 15) is 39.3 Å². The highest BCUT2D eigenvalue weighted by Gasteiger charge is 2.47. The molecule has 0 unspecified atom stereocenters. The van der Waals surface area contributed by atoms with Crippen molar-refractivity contribution >= 4 is 29.6 Å². The van der Waals surface area contributed by atoms with E-state index in [1.54, 1.807) is 37.3 Å². The molecule has 0 saturated heterocycles. The minimum absolute atomic E-state index is 0.00806. The van der Waals surface area contributed by atoms with Crippen LogP contribution in [0.25, 0.3) is 0 Å². The lowest BCUT2D eigenvalue weighted by Crippen LogP contribution is -2.55. The highest BCUT2D eigenvalue weighted by molar-refractivity contribution is 5.93. The van der Waals surface area contributed by atoms with Crippen LogP contribution in [0.5, 0.6) is 5.75 Å². The molecule has 1 rings (SSSR count). The summed E-state index contributed by atoms with van der Waals surface area (Å²) in [6, 6.07) is 5.51. The normalized spacial score (nSPS) is 13.4. The fourth-order valence-corrected chi connectivity index (χ4v) is 5.12. The minimum atomic E-state index is -2.75. The highest BCUT2D eigenvalue weighted by atomic mass is 16.5. The fraction of sp³-hybridized carbons (Fsp3) is 0.595. The van der Waals surface area contributed by atoms with Crippen molar-refractivity contribution < 1.29 is 48.8 Å². The number of carbonyl (C=O) groups is 5. The van der Waals surface area contributed by atoms with Crippen LogP contribution in [-0.2, 0) is 35.1 Å². The van der Waals surface area contributed by atoms with Gasteiger partial charge in [-0.3, -0.25) is 14.4 Å². The lowest BCUT2D eigenvalue weighted by molar-refractivity contribution is -0.168. The number of nitrogens with one attached hydrogen (secondary N) is 1. The molecule has 1 aromatic rings. The van der Waals surface area contributed by atoms with Crippen molar-refractivity contribution in [2.45, 2.75) is 122 Å². The molecule has 0 radical (unpaired) electrons. The molecule has 11 heteroatoms. The molecule has 48 heavy (non-hydrogen) atoms. The molecule has 0 aliphatic heterocycles. The number of amides is 1. The van der Waals surface area contributed by atoms with Gasteiger partial charge in [0, 0.05) is 25.7 Å². The van der Waals surface area contributed by atoms with Crippen LogP contribution in [0.1, 0.15) is 109 Å². The molecule has 11 nitrogen and oxygen atoms in total. The van der Waals surface area contributed by atoms with E-state index in [1.807, 2.05) is 0 Å². The number of aliphatic hydroxyl groups is 1. The monoisotopic (exact) mass is 671 g/mol. The van der Waals surface area contributed by atoms with E-state index in [2.05, 4.69) is 24.1 Å². The zero-order chi connectivity index (χ0) is 35.8. The third kappa shape index (κ3) is 16.6. The first-order chi connectivity index (χ1) is 23.0. The minimum Gasteiger partial charge on any atom is -0.481 e. The Hall–Kier alpha value is -4.17. The summed E-state index contributed by atoms with van der Waals surface area (Å²) in [5.41, 5.74) is -2.11. The van der Waals surface area contributed by atoms with Gasteiger partial charge in [-0.1, -0.05) is 75.7 Å². The average Bonchev–Trinajstić information content (AvgIpc) is 3.06. The Morgan fingerprint density at radius 3 is 2.10 bits per heavy atom. The van der Waals surface area contributed by atoms with Gasteiger partial charge in [0.05, 0.1) is 13.0 Å². The number of benzene rings is 1. The summed E-state index contributed by atoms with van der Waals surface area (Å²) in [5.74, 6) is -0.217. The summed E-state index contributed by atoms with van der Waals surface area (Å²) in [6.45, 7) is 4.06. The van der Waals surface area contributed by atoms with Gasteiger partial charge in [-0.25, -0.2) is 9.59 Å².